The molecule has 110 valence electrons. The van der Waals surface area contributed by atoms with Crippen LogP contribution in [0.25, 0.3) is 0 Å². The first-order chi connectivity index (χ1) is 9.40. The molecule has 1 aromatic heterocycles. The molecule has 1 amide bonds. The first-order valence-electron chi connectivity index (χ1n) is 7.03. The quantitative estimate of drug-likeness (QED) is 0.805. The number of aryl methyl sites for hydroxylation is 2. The summed E-state index contributed by atoms with van der Waals surface area (Å²) in [6.45, 7) is 3.29. The van der Waals surface area contributed by atoms with Gasteiger partial charge in [0.25, 0.3) is 5.91 Å². The fraction of sp³-hybridized carbons (Fsp3) is 0.600. The van der Waals surface area contributed by atoms with Crippen molar-refractivity contribution in [1.29, 1.82) is 0 Å². The minimum atomic E-state index is -0.183. The summed E-state index contributed by atoms with van der Waals surface area (Å²) in [6.07, 6.45) is 3.74. The Bertz CT molecular complexity index is 563. The van der Waals surface area contributed by atoms with Crippen LogP contribution >= 0.6 is 0 Å². The Labute approximate surface area is 119 Å². The van der Waals surface area contributed by atoms with Crippen molar-refractivity contribution < 1.29 is 4.79 Å². The number of hydrogen-bond donors (Lipinski definition) is 0. The maximum Gasteiger partial charge on any atom is 0.259 e. The van der Waals surface area contributed by atoms with Crippen LogP contribution in [0, 0.1) is 6.92 Å². The Balaban J connectivity index is 2.23. The highest BCUT2D eigenvalue weighted by Gasteiger charge is 2.26. The van der Waals surface area contributed by atoms with E-state index in [4.69, 9.17) is 0 Å². The topological polar surface area (TPSA) is 45.6 Å². The lowest BCUT2D eigenvalue weighted by Gasteiger charge is -2.36. The predicted octanol–water partition coefficient (Wildman–Crippen LogP) is 0.860. The van der Waals surface area contributed by atoms with Crippen LogP contribution in [0.15, 0.2) is 17.1 Å². The average molecular weight is 277 g/mol. The maximum absolute atomic E-state index is 12.5. The molecule has 2 rings (SSSR count). The molecule has 1 aliphatic heterocycles. The van der Waals surface area contributed by atoms with Gasteiger partial charge in [0.1, 0.15) is 5.56 Å². The summed E-state index contributed by atoms with van der Waals surface area (Å²) >= 11 is 0. The monoisotopic (exact) mass is 277 g/mol. The predicted molar refractivity (Wildman–Crippen MR) is 79.0 cm³/mol. The number of carbonyl (C=O) groups is 1. The number of piperidine rings is 1. The van der Waals surface area contributed by atoms with Crippen molar-refractivity contribution >= 4 is 5.91 Å². The highest BCUT2D eigenvalue weighted by Crippen LogP contribution is 2.15. The van der Waals surface area contributed by atoms with Crippen molar-refractivity contribution in [2.45, 2.75) is 25.8 Å². The molecule has 1 aliphatic rings. The van der Waals surface area contributed by atoms with E-state index in [-0.39, 0.29) is 16.9 Å². The van der Waals surface area contributed by atoms with E-state index >= 15 is 0 Å². The number of aromatic nitrogens is 1. The number of hydrogen-bond acceptors (Lipinski definition) is 3. The van der Waals surface area contributed by atoms with Gasteiger partial charge in [-0.2, -0.15) is 0 Å². The maximum atomic E-state index is 12.5. The second-order valence-electron chi connectivity index (χ2n) is 5.81. The van der Waals surface area contributed by atoms with Crippen LogP contribution in [0.2, 0.25) is 0 Å². The minimum absolute atomic E-state index is 0.142. The lowest BCUT2D eigenvalue weighted by atomic mass is 10.0. The zero-order valence-corrected chi connectivity index (χ0v) is 12.7. The normalized spacial score (nSPS) is 19.4. The van der Waals surface area contributed by atoms with Crippen LogP contribution in [0.4, 0.5) is 0 Å². The van der Waals surface area contributed by atoms with E-state index in [0.29, 0.717) is 12.6 Å². The zero-order chi connectivity index (χ0) is 14.9. The SMILES string of the molecule is Cc1cc(=O)c(C(=O)N2CCC[C@H](N(C)C)C2)cn1C. The molecule has 0 aromatic carbocycles. The Hall–Kier alpha value is -1.62. The molecule has 20 heavy (non-hydrogen) atoms. The van der Waals surface area contributed by atoms with Crippen molar-refractivity contribution in [2.75, 3.05) is 27.2 Å². The number of nitrogens with zero attached hydrogens (tertiary/aromatic N) is 3. The third-order valence-electron chi connectivity index (χ3n) is 4.13. The molecule has 0 bridgehead atoms. The molecule has 0 unspecified atom stereocenters. The van der Waals surface area contributed by atoms with Gasteiger partial charge in [0, 0.05) is 44.1 Å². The molecule has 0 saturated carbocycles. The van der Waals surface area contributed by atoms with E-state index in [2.05, 4.69) is 4.90 Å². The number of likely N-dealkylation sites (tertiary alicyclic amines) is 1. The summed E-state index contributed by atoms with van der Waals surface area (Å²) in [4.78, 5) is 28.5. The van der Waals surface area contributed by atoms with Gasteiger partial charge < -0.3 is 14.4 Å². The van der Waals surface area contributed by atoms with Gasteiger partial charge >= 0.3 is 0 Å². The molecular weight excluding hydrogens is 254 g/mol. The molecular formula is C15H23N3O2. The van der Waals surface area contributed by atoms with Crippen LogP contribution in [0.3, 0.4) is 0 Å². The van der Waals surface area contributed by atoms with Gasteiger partial charge in [-0.15, -0.1) is 0 Å². The second kappa shape index (κ2) is 5.79. The lowest BCUT2D eigenvalue weighted by Crippen LogP contribution is -2.48. The van der Waals surface area contributed by atoms with Gasteiger partial charge in [-0.3, -0.25) is 9.59 Å². The summed E-state index contributed by atoms with van der Waals surface area (Å²) in [5.41, 5.74) is 0.950. The molecule has 1 atom stereocenters. The second-order valence-corrected chi connectivity index (χ2v) is 5.81. The summed E-state index contributed by atoms with van der Waals surface area (Å²) in [5.74, 6) is -0.142. The van der Waals surface area contributed by atoms with E-state index in [0.717, 1.165) is 25.1 Å². The third-order valence-corrected chi connectivity index (χ3v) is 4.13. The smallest absolute Gasteiger partial charge is 0.259 e. The first-order valence-corrected chi connectivity index (χ1v) is 7.03. The van der Waals surface area contributed by atoms with Crippen molar-refractivity contribution in [2.24, 2.45) is 7.05 Å². The molecule has 1 fully saturated rings. The summed E-state index contributed by atoms with van der Waals surface area (Å²) in [7, 11) is 5.91. The van der Waals surface area contributed by atoms with Gasteiger partial charge in [-0.05, 0) is 33.9 Å². The molecule has 5 heteroatoms. The number of likely N-dealkylation sites (N-methyl/N-ethyl adjacent to an activating group) is 1. The summed E-state index contributed by atoms with van der Waals surface area (Å²) in [5, 5.41) is 0. The van der Waals surface area contributed by atoms with Gasteiger partial charge in [0.15, 0.2) is 5.43 Å². The highest BCUT2D eigenvalue weighted by atomic mass is 16.2. The van der Waals surface area contributed by atoms with Crippen LogP contribution in [0.5, 0.6) is 0 Å². The molecule has 1 aromatic rings. The number of amides is 1. The minimum Gasteiger partial charge on any atom is -0.354 e. The van der Waals surface area contributed by atoms with Crippen molar-refractivity contribution in [3.05, 3.63) is 33.7 Å². The Morgan fingerprint density at radius 3 is 2.75 bits per heavy atom. The summed E-state index contributed by atoms with van der Waals surface area (Å²) in [6, 6.07) is 1.91. The molecule has 5 nitrogen and oxygen atoms in total. The molecule has 0 aliphatic carbocycles. The van der Waals surface area contributed by atoms with Crippen molar-refractivity contribution in [3.8, 4) is 0 Å². The van der Waals surface area contributed by atoms with E-state index in [1.54, 1.807) is 11.1 Å². The van der Waals surface area contributed by atoms with E-state index < -0.39 is 0 Å². The molecule has 0 radical (unpaired) electrons. The average Bonchev–Trinajstić information content (AvgIpc) is 2.42. The third kappa shape index (κ3) is 2.93. The molecule has 2 heterocycles. The number of pyridine rings is 1. The van der Waals surface area contributed by atoms with Crippen LogP contribution in [0.1, 0.15) is 28.9 Å². The standard InChI is InChI=1S/C15H23N3O2/c1-11-8-14(19)13(10-17(11)4)15(20)18-7-5-6-12(9-18)16(2)3/h8,10,12H,5-7,9H2,1-4H3/t12-/m0/s1. The van der Waals surface area contributed by atoms with Crippen LogP contribution in [-0.2, 0) is 7.05 Å². The lowest BCUT2D eigenvalue weighted by molar-refractivity contribution is 0.0633. The fourth-order valence-electron chi connectivity index (χ4n) is 2.62. The molecule has 1 saturated heterocycles. The van der Waals surface area contributed by atoms with E-state index in [9.17, 15) is 9.59 Å². The molecule has 0 N–H and O–H groups in total. The number of carbonyl (C=O) groups excluding carboxylic acids is 1. The first kappa shape index (κ1) is 14.8. The van der Waals surface area contributed by atoms with Gasteiger partial charge in [-0.1, -0.05) is 0 Å². The van der Waals surface area contributed by atoms with Crippen molar-refractivity contribution in [3.63, 3.8) is 0 Å². The van der Waals surface area contributed by atoms with Crippen molar-refractivity contribution in [1.82, 2.24) is 14.4 Å². The van der Waals surface area contributed by atoms with E-state index in [1.807, 2.05) is 32.6 Å². The number of rotatable bonds is 2. The fourth-order valence-corrected chi connectivity index (χ4v) is 2.62. The Morgan fingerprint density at radius 1 is 1.40 bits per heavy atom. The van der Waals surface area contributed by atoms with E-state index in [1.165, 1.54) is 6.07 Å². The zero-order valence-electron chi connectivity index (χ0n) is 12.7. The highest BCUT2D eigenvalue weighted by molar-refractivity contribution is 5.94. The van der Waals surface area contributed by atoms with Crippen LogP contribution in [-0.4, -0.2) is 53.5 Å². The Kier molecular flexibility index (Phi) is 4.28. The van der Waals surface area contributed by atoms with Gasteiger partial charge in [-0.25, -0.2) is 0 Å². The van der Waals surface area contributed by atoms with Gasteiger partial charge in [0.05, 0.1) is 0 Å². The summed E-state index contributed by atoms with van der Waals surface area (Å²) < 4.78 is 1.82. The molecule has 0 spiro atoms. The van der Waals surface area contributed by atoms with Gasteiger partial charge in [0.2, 0.25) is 0 Å². The van der Waals surface area contributed by atoms with Crippen LogP contribution < -0.4 is 5.43 Å². The largest absolute Gasteiger partial charge is 0.354 e. The Morgan fingerprint density at radius 2 is 2.10 bits per heavy atom.